The number of fused-ring (bicyclic) bond motifs is 3. The van der Waals surface area contributed by atoms with Crippen molar-refractivity contribution in [3.8, 4) is 0 Å². The van der Waals surface area contributed by atoms with Crippen molar-refractivity contribution in [3.05, 3.63) is 46.6 Å². The molecule has 0 saturated heterocycles. The molecular formula is C14H9BrO3. The van der Waals surface area contributed by atoms with Crippen molar-refractivity contribution in [1.82, 2.24) is 0 Å². The quantitative estimate of drug-likeness (QED) is 0.779. The lowest BCUT2D eigenvalue weighted by molar-refractivity contribution is -0.136. The highest BCUT2D eigenvalue weighted by Crippen LogP contribution is 2.35. The SMILES string of the molecule is O=C(O)Cc1c(Br)oc2ccc3ccccc3c12. The van der Waals surface area contributed by atoms with E-state index in [1.807, 2.05) is 36.4 Å². The second-order valence-corrected chi connectivity index (χ2v) is 4.80. The maximum absolute atomic E-state index is 10.9. The number of hydrogen-bond donors (Lipinski definition) is 1. The summed E-state index contributed by atoms with van der Waals surface area (Å²) in [4.78, 5) is 10.9. The fourth-order valence-electron chi connectivity index (χ4n) is 2.21. The van der Waals surface area contributed by atoms with Crippen LogP contribution in [0.1, 0.15) is 5.56 Å². The molecule has 0 saturated carbocycles. The first-order valence-electron chi connectivity index (χ1n) is 5.47. The summed E-state index contributed by atoms with van der Waals surface area (Å²) in [6.07, 6.45) is -0.0540. The van der Waals surface area contributed by atoms with Crippen molar-refractivity contribution in [2.24, 2.45) is 0 Å². The van der Waals surface area contributed by atoms with Crippen molar-refractivity contribution in [3.63, 3.8) is 0 Å². The van der Waals surface area contributed by atoms with Gasteiger partial charge in [-0.3, -0.25) is 4.79 Å². The van der Waals surface area contributed by atoms with Crippen LogP contribution in [0.4, 0.5) is 0 Å². The molecule has 1 N–H and O–H groups in total. The van der Waals surface area contributed by atoms with Crippen molar-refractivity contribution in [2.45, 2.75) is 6.42 Å². The fraction of sp³-hybridized carbons (Fsp3) is 0.0714. The molecular weight excluding hydrogens is 296 g/mol. The number of carboxylic acids is 1. The van der Waals surface area contributed by atoms with Crippen molar-refractivity contribution in [2.75, 3.05) is 0 Å². The molecule has 18 heavy (non-hydrogen) atoms. The highest BCUT2D eigenvalue weighted by atomic mass is 79.9. The van der Waals surface area contributed by atoms with E-state index in [-0.39, 0.29) is 6.42 Å². The van der Waals surface area contributed by atoms with Crippen molar-refractivity contribution < 1.29 is 14.3 Å². The van der Waals surface area contributed by atoms with Gasteiger partial charge in [-0.05, 0) is 32.8 Å². The molecule has 90 valence electrons. The van der Waals surface area contributed by atoms with Crippen molar-refractivity contribution in [1.29, 1.82) is 0 Å². The Hall–Kier alpha value is -1.81. The first kappa shape index (κ1) is 11.3. The molecule has 0 atom stereocenters. The molecule has 1 aromatic heterocycles. The Bertz CT molecular complexity index is 758. The zero-order valence-corrected chi connectivity index (χ0v) is 10.9. The largest absolute Gasteiger partial charge is 0.481 e. The molecule has 3 aromatic rings. The molecule has 4 heteroatoms. The van der Waals surface area contributed by atoms with Gasteiger partial charge in [0.1, 0.15) is 5.58 Å². The van der Waals surface area contributed by atoms with Gasteiger partial charge in [0.15, 0.2) is 4.67 Å². The smallest absolute Gasteiger partial charge is 0.308 e. The molecule has 0 aliphatic carbocycles. The van der Waals surface area contributed by atoms with Crippen LogP contribution >= 0.6 is 15.9 Å². The van der Waals surface area contributed by atoms with E-state index in [1.165, 1.54) is 0 Å². The van der Waals surface area contributed by atoms with E-state index in [2.05, 4.69) is 15.9 Å². The number of rotatable bonds is 2. The Morgan fingerprint density at radius 3 is 2.78 bits per heavy atom. The van der Waals surface area contributed by atoms with Crippen LogP contribution in [0.5, 0.6) is 0 Å². The second-order valence-electron chi connectivity index (χ2n) is 4.08. The Morgan fingerprint density at radius 2 is 2.00 bits per heavy atom. The number of furan rings is 1. The third-order valence-electron chi connectivity index (χ3n) is 2.96. The standard InChI is InChI=1S/C14H9BrO3/c15-14-10(7-12(16)17)13-9-4-2-1-3-8(9)5-6-11(13)18-14/h1-6H,7H2,(H,16,17). The van der Waals surface area contributed by atoms with E-state index < -0.39 is 5.97 Å². The highest BCUT2D eigenvalue weighted by Gasteiger charge is 2.17. The lowest BCUT2D eigenvalue weighted by Crippen LogP contribution is -1.99. The van der Waals surface area contributed by atoms with Gasteiger partial charge in [-0.1, -0.05) is 30.3 Å². The molecule has 2 aromatic carbocycles. The van der Waals surface area contributed by atoms with E-state index in [0.717, 1.165) is 16.2 Å². The molecule has 3 nitrogen and oxygen atoms in total. The van der Waals surface area contributed by atoms with E-state index in [1.54, 1.807) is 0 Å². The Labute approximate surface area is 111 Å². The summed E-state index contributed by atoms with van der Waals surface area (Å²) in [5, 5.41) is 11.9. The minimum atomic E-state index is -0.869. The summed E-state index contributed by atoms with van der Waals surface area (Å²) in [7, 11) is 0. The number of hydrogen-bond acceptors (Lipinski definition) is 2. The maximum Gasteiger partial charge on any atom is 0.308 e. The molecule has 0 unspecified atom stereocenters. The Kier molecular flexibility index (Phi) is 2.59. The molecule has 3 rings (SSSR count). The van der Waals surface area contributed by atoms with Gasteiger partial charge in [0, 0.05) is 10.9 Å². The first-order valence-corrected chi connectivity index (χ1v) is 6.26. The Balaban J connectivity index is 2.43. The van der Waals surface area contributed by atoms with Gasteiger partial charge in [-0.2, -0.15) is 0 Å². The van der Waals surface area contributed by atoms with E-state index >= 15 is 0 Å². The molecule has 0 aliphatic heterocycles. The van der Waals surface area contributed by atoms with E-state index in [0.29, 0.717) is 15.8 Å². The normalized spacial score (nSPS) is 11.2. The summed E-state index contributed by atoms with van der Waals surface area (Å²) in [6.45, 7) is 0. The molecule has 0 bridgehead atoms. The lowest BCUT2D eigenvalue weighted by atomic mass is 10.0. The monoisotopic (exact) mass is 304 g/mol. The van der Waals surface area contributed by atoms with Crippen LogP contribution in [0.25, 0.3) is 21.7 Å². The van der Waals surface area contributed by atoms with Gasteiger partial charge < -0.3 is 9.52 Å². The van der Waals surface area contributed by atoms with E-state index in [9.17, 15) is 4.79 Å². The zero-order valence-electron chi connectivity index (χ0n) is 9.31. The van der Waals surface area contributed by atoms with Crippen LogP contribution in [0.15, 0.2) is 45.5 Å². The molecule has 0 fully saturated rings. The van der Waals surface area contributed by atoms with Gasteiger partial charge in [0.25, 0.3) is 0 Å². The van der Waals surface area contributed by atoms with Crippen LogP contribution in [-0.4, -0.2) is 11.1 Å². The van der Waals surface area contributed by atoms with Crippen molar-refractivity contribution >= 4 is 43.6 Å². The van der Waals surface area contributed by atoms with Gasteiger partial charge in [-0.15, -0.1) is 0 Å². The number of halogens is 1. The molecule has 1 heterocycles. The third-order valence-corrected chi connectivity index (χ3v) is 3.60. The second kappa shape index (κ2) is 4.14. The highest BCUT2D eigenvalue weighted by molar-refractivity contribution is 9.10. The fourth-order valence-corrected chi connectivity index (χ4v) is 2.73. The summed E-state index contributed by atoms with van der Waals surface area (Å²) in [6, 6.07) is 11.7. The maximum atomic E-state index is 10.9. The van der Waals surface area contributed by atoms with Crippen LogP contribution in [0, 0.1) is 0 Å². The van der Waals surface area contributed by atoms with Gasteiger partial charge >= 0.3 is 5.97 Å². The number of benzene rings is 2. The average molecular weight is 305 g/mol. The topological polar surface area (TPSA) is 50.4 Å². The van der Waals surface area contributed by atoms with Crippen LogP contribution in [0.3, 0.4) is 0 Å². The minimum Gasteiger partial charge on any atom is -0.481 e. The number of aliphatic carboxylic acids is 1. The Morgan fingerprint density at radius 1 is 1.22 bits per heavy atom. The molecule has 0 radical (unpaired) electrons. The predicted molar refractivity (Wildman–Crippen MR) is 72.8 cm³/mol. The summed E-state index contributed by atoms with van der Waals surface area (Å²) in [5.74, 6) is -0.869. The van der Waals surface area contributed by atoms with Gasteiger partial charge in [0.05, 0.1) is 6.42 Å². The van der Waals surface area contributed by atoms with Gasteiger partial charge in [-0.25, -0.2) is 0 Å². The number of carbonyl (C=O) groups is 1. The zero-order chi connectivity index (χ0) is 12.7. The number of carboxylic acid groups (broad SMARTS) is 1. The minimum absolute atomic E-state index is 0.0540. The van der Waals surface area contributed by atoms with Gasteiger partial charge in [0.2, 0.25) is 0 Å². The third kappa shape index (κ3) is 1.69. The average Bonchev–Trinajstić information content (AvgIpc) is 2.66. The van der Waals surface area contributed by atoms with Crippen LogP contribution in [0.2, 0.25) is 0 Å². The molecule has 0 spiro atoms. The summed E-state index contributed by atoms with van der Waals surface area (Å²) >= 11 is 3.29. The molecule has 0 aliphatic rings. The first-order chi connectivity index (χ1) is 8.66. The van der Waals surface area contributed by atoms with Crippen LogP contribution in [-0.2, 0) is 11.2 Å². The predicted octanol–water partition coefficient (Wildman–Crippen LogP) is 3.98. The van der Waals surface area contributed by atoms with E-state index in [4.69, 9.17) is 9.52 Å². The summed E-state index contributed by atoms with van der Waals surface area (Å²) < 4.78 is 6.06. The lowest BCUT2D eigenvalue weighted by Gasteiger charge is -2.00. The summed E-state index contributed by atoms with van der Waals surface area (Å²) in [5.41, 5.74) is 1.39. The van der Waals surface area contributed by atoms with Crippen LogP contribution < -0.4 is 0 Å². The molecule has 0 amide bonds.